The normalized spacial score (nSPS) is 19.3. The Morgan fingerprint density at radius 2 is 1.95 bits per heavy atom. The van der Waals surface area contributed by atoms with E-state index < -0.39 is 0 Å². The molecule has 19 heavy (non-hydrogen) atoms. The van der Waals surface area contributed by atoms with Crippen LogP contribution in [-0.4, -0.2) is 6.54 Å². The fraction of sp³-hybridized carbons (Fsp3) is 0.765. The monoisotopic (exact) mass is 263 g/mol. The van der Waals surface area contributed by atoms with Crippen LogP contribution in [0.15, 0.2) is 16.5 Å². The number of hydrogen-bond acceptors (Lipinski definition) is 2. The highest BCUT2D eigenvalue weighted by Crippen LogP contribution is 2.31. The number of nitrogens with one attached hydrogen (secondary N) is 1. The van der Waals surface area contributed by atoms with Crippen molar-refractivity contribution < 1.29 is 4.42 Å². The highest BCUT2D eigenvalue weighted by atomic mass is 16.3. The summed E-state index contributed by atoms with van der Waals surface area (Å²) in [6, 6.07) is 4.65. The standard InChI is InChI=1S/C17H29NO/c1-3-12-18-16(17-11-10-14(2)19-17)13-15-8-6-4-5-7-9-15/h10-11,15-16,18H,3-9,12-13H2,1-2H3. The molecule has 1 aliphatic carbocycles. The van der Waals surface area contributed by atoms with E-state index in [1.807, 2.05) is 6.92 Å². The lowest BCUT2D eigenvalue weighted by molar-refractivity contribution is 0.316. The van der Waals surface area contributed by atoms with Gasteiger partial charge in [0.25, 0.3) is 0 Å². The number of hydrogen-bond donors (Lipinski definition) is 1. The average Bonchev–Trinajstić information content (AvgIpc) is 2.68. The van der Waals surface area contributed by atoms with Gasteiger partial charge in [0.15, 0.2) is 0 Å². The molecule has 0 spiro atoms. The average molecular weight is 263 g/mol. The van der Waals surface area contributed by atoms with Gasteiger partial charge in [0, 0.05) is 0 Å². The lowest BCUT2D eigenvalue weighted by Gasteiger charge is -2.22. The molecule has 108 valence electrons. The Balaban J connectivity index is 1.96. The summed E-state index contributed by atoms with van der Waals surface area (Å²) in [6.07, 6.45) is 10.9. The molecule has 2 rings (SSSR count). The number of rotatable bonds is 6. The van der Waals surface area contributed by atoms with Gasteiger partial charge in [0.2, 0.25) is 0 Å². The topological polar surface area (TPSA) is 25.2 Å². The van der Waals surface area contributed by atoms with E-state index >= 15 is 0 Å². The first-order chi connectivity index (χ1) is 9.29. The SMILES string of the molecule is CCCNC(CC1CCCCCC1)c1ccc(C)o1. The van der Waals surface area contributed by atoms with Crippen molar-refractivity contribution >= 4 is 0 Å². The molecule has 0 radical (unpaired) electrons. The molecule has 2 nitrogen and oxygen atoms in total. The number of aryl methyl sites for hydroxylation is 1. The van der Waals surface area contributed by atoms with Crippen molar-refractivity contribution in [2.45, 2.75) is 71.3 Å². The maximum Gasteiger partial charge on any atom is 0.121 e. The van der Waals surface area contributed by atoms with Crippen LogP contribution < -0.4 is 5.32 Å². The molecular weight excluding hydrogens is 234 g/mol. The quantitative estimate of drug-likeness (QED) is 0.731. The fourth-order valence-corrected chi connectivity index (χ4v) is 3.19. The third kappa shape index (κ3) is 4.68. The molecule has 0 amide bonds. The molecule has 1 aromatic rings. The van der Waals surface area contributed by atoms with E-state index in [-0.39, 0.29) is 0 Å². The molecular formula is C17H29NO. The number of furan rings is 1. The largest absolute Gasteiger partial charge is 0.465 e. The third-order valence-electron chi connectivity index (χ3n) is 4.29. The van der Waals surface area contributed by atoms with Crippen molar-refractivity contribution in [3.05, 3.63) is 23.7 Å². The zero-order chi connectivity index (χ0) is 13.5. The molecule has 1 saturated carbocycles. The van der Waals surface area contributed by atoms with E-state index in [9.17, 15) is 0 Å². The second-order valence-electron chi connectivity index (χ2n) is 6.05. The van der Waals surface area contributed by atoms with Gasteiger partial charge >= 0.3 is 0 Å². The van der Waals surface area contributed by atoms with Crippen LogP contribution >= 0.6 is 0 Å². The van der Waals surface area contributed by atoms with Gasteiger partial charge in [0.1, 0.15) is 11.5 Å². The van der Waals surface area contributed by atoms with Crippen molar-refractivity contribution in [2.75, 3.05) is 6.54 Å². The summed E-state index contributed by atoms with van der Waals surface area (Å²) in [5.74, 6) is 3.04. The summed E-state index contributed by atoms with van der Waals surface area (Å²) in [5, 5.41) is 3.67. The summed E-state index contributed by atoms with van der Waals surface area (Å²) >= 11 is 0. The fourth-order valence-electron chi connectivity index (χ4n) is 3.19. The third-order valence-corrected chi connectivity index (χ3v) is 4.29. The van der Waals surface area contributed by atoms with Gasteiger partial charge in [-0.2, -0.15) is 0 Å². The van der Waals surface area contributed by atoms with Crippen LogP contribution in [-0.2, 0) is 0 Å². The van der Waals surface area contributed by atoms with Crippen molar-refractivity contribution in [2.24, 2.45) is 5.92 Å². The molecule has 1 unspecified atom stereocenters. The summed E-state index contributed by atoms with van der Waals surface area (Å²) in [4.78, 5) is 0. The van der Waals surface area contributed by atoms with Crippen LogP contribution in [0.4, 0.5) is 0 Å². The van der Waals surface area contributed by atoms with Crippen LogP contribution in [0, 0.1) is 12.8 Å². The molecule has 2 heteroatoms. The van der Waals surface area contributed by atoms with Crippen LogP contribution in [0.2, 0.25) is 0 Å². The Bertz CT molecular complexity index is 350. The van der Waals surface area contributed by atoms with Crippen LogP contribution in [0.5, 0.6) is 0 Å². The first-order valence-corrected chi connectivity index (χ1v) is 8.09. The van der Waals surface area contributed by atoms with E-state index in [1.54, 1.807) is 0 Å². The van der Waals surface area contributed by atoms with Gasteiger partial charge < -0.3 is 9.73 Å². The van der Waals surface area contributed by atoms with Gasteiger partial charge in [-0.15, -0.1) is 0 Å². The highest BCUT2D eigenvalue weighted by Gasteiger charge is 2.21. The lowest BCUT2D eigenvalue weighted by Crippen LogP contribution is -2.24. The van der Waals surface area contributed by atoms with E-state index in [2.05, 4.69) is 24.4 Å². The van der Waals surface area contributed by atoms with Gasteiger partial charge in [-0.1, -0.05) is 45.4 Å². The molecule has 1 N–H and O–H groups in total. The maximum atomic E-state index is 5.85. The molecule has 0 bridgehead atoms. The zero-order valence-corrected chi connectivity index (χ0v) is 12.6. The van der Waals surface area contributed by atoms with Gasteiger partial charge in [0.05, 0.1) is 6.04 Å². The second kappa shape index (κ2) is 7.74. The van der Waals surface area contributed by atoms with Crippen molar-refractivity contribution in [3.8, 4) is 0 Å². The van der Waals surface area contributed by atoms with Gasteiger partial charge in [-0.05, 0) is 44.4 Å². The molecule has 1 heterocycles. The van der Waals surface area contributed by atoms with E-state index in [4.69, 9.17) is 4.42 Å². The zero-order valence-electron chi connectivity index (χ0n) is 12.6. The summed E-state index contributed by atoms with van der Waals surface area (Å²) < 4.78 is 5.85. The first-order valence-electron chi connectivity index (χ1n) is 8.09. The summed E-state index contributed by atoms with van der Waals surface area (Å²) in [6.45, 7) is 5.34. The predicted octanol–water partition coefficient (Wildman–Crippen LogP) is 4.99. The maximum absolute atomic E-state index is 5.85. The van der Waals surface area contributed by atoms with E-state index in [1.165, 1.54) is 51.4 Å². The Kier molecular flexibility index (Phi) is 5.96. The van der Waals surface area contributed by atoms with Gasteiger partial charge in [-0.25, -0.2) is 0 Å². The molecule has 0 aromatic carbocycles. The van der Waals surface area contributed by atoms with E-state index in [0.29, 0.717) is 6.04 Å². The van der Waals surface area contributed by atoms with Crippen molar-refractivity contribution in [1.29, 1.82) is 0 Å². The summed E-state index contributed by atoms with van der Waals surface area (Å²) in [5.41, 5.74) is 0. The van der Waals surface area contributed by atoms with Crippen molar-refractivity contribution in [3.63, 3.8) is 0 Å². The molecule has 0 saturated heterocycles. The minimum absolute atomic E-state index is 0.414. The van der Waals surface area contributed by atoms with E-state index in [0.717, 1.165) is 24.0 Å². The smallest absolute Gasteiger partial charge is 0.121 e. The Morgan fingerprint density at radius 3 is 2.53 bits per heavy atom. The van der Waals surface area contributed by atoms with Crippen LogP contribution in [0.3, 0.4) is 0 Å². The predicted molar refractivity (Wildman–Crippen MR) is 80.3 cm³/mol. The minimum atomic E-state index is 0.414. The molecule has 1 aliphatic rings. The van der Waals surface area contributed by atoms with Gasteiger partial charge in [-0.3, -0.25) is 0 Å². The molecule has 1 atom stereocenters. The Hall–Kier alpha value is -0.760. The molecule has 1 aromatic heterocycles. The van der Waals surface area contributed by atoms with Crippen LogP contribution in [0.25, 0.3) is 0 Å². The Morgan fingerprint density at radius 1 is 1.21 bits per heavy atom. The Labute approximate surface area is 118 Å². The second-order valence-corrected chi connectivity index (χ2v) is 6.05. The highest BCUT2D eigenvalue weighted by molar-refractivity contribution is 5.10. The lowest BCUT2D eigenvalue weighted by atomic mass is 9.91. The minimum Gasteiger partial charge on any atom is -0.465 e. The molecule has 0 aliphatic heterocycles. The van der Waals surface area contributed by atoms with Crippen LogP contribution in [0.1, 0.15) is 75.9 Å². The first kappa shape index (κ1) is 14.6. The summed E-state index contributed by atoms with van der Waals surface area (Å²) in [7, 11) is 0. The molecule has 1 fully saturated rings. The van der Waals surface area contributed by atoms with Crippen molar-refractivity contribution in [1.82, 2.24) is 5.32 Å².